The van der Waals surface area contributed by atoms with E-state index in [2.05, 4.69) is 30.9 Å². The van der Waals surface area contributed by atoms with E-state index < -0.39 is 0 Å². The van der Waals surface area contributed by atoms with Gasteiger partial charge in [-0.3, -0.25) is 0 Å². The fourth-order valence-corrected chi connectivity index (χ4v) is 3.48. The van der Waals surface area contributed by atoms with Gasteiger partial charge in [0.2, 0.25) is 5.13 Å². The van der Waals surface area contributed by atoms with Gasteiger partial charge in [-0.25, -0.2) is 0 Å². The predicted octanol–water partition coefficient (Wildman–Crippen LogP) is 5.77. The van der Waals surface area contributed by atoms with Crippen LogP contribution in [-0.2, 0) is 0 Å². The molecule has 0 aliphatic carbocycles. The molecule has 3 aromatic carbocycles. The number of aromatic nitrogens is 2. The van der Waals surface area contributed by atoms with Crippen molar-refractivity contribution in [2.75, 3.05) is 48.4 Å². The molecule has 0 spiro atoms. The van der Waals surface area contributed by atoms with Crippen molar-refractivity contribution in [3.05, 3.63) is 54.6 Å². The van der Waals surface area contributed by atoms with Crippen molar-refractivity contribution in [2.24, 2.45) is 0 Å². The van der Waals surface area contributed by atoms with E-state index in [0.717, 1.165) is 0 Å². The molecule has 0 atom stereocenters. The number of nitrogens with two attached hydrogens (primary N) is 1. The number of phenolic OH excluding ortho intramolecular Hbond substituents is 1. The standard InChI is InChI=1S/C10H11N3O3S.C9H9NO3.C8H10O3.CBrN/c1-14-7-4-3-6(5-8(7)15-2)16-10-13-12-9(11)17-10;1-11-8-4-3-7(13-6-10)5-9(8)12-2;1-10-7-4-3-6(9)5-8(7)11-2;2-1-3/h3-5H,1-2H3,(H2,11,12);3-5H,1-2H3;3-5,9H,1-2H3;. The zero-order chi connectivity index (χ0) is 32.9. The lowest BCUT2D eigenvalue weighted by atomic mass is 10.3. The maximum absolute atomic E-state index is 9.03. The molecule has 0 unspecified atom stereocenters. The summed E-state index contributed by atoms with van der Waals surface area (Å²) in [6.45, 7) is 0. The largest absolute Gasteiger partial charge is 0.508 e. The van der Waals surface area contributed by atoms with E-state index in [4.69, 9.17) is 54.5 Å². The van der Waals surface area contributed by atoms with Gasteiger partial charge in [0.05, 0.1) is 42.7 Å². The van der Waals surface area contributed by atoms with Crippen molar-refractivity contribution >= 4 is 32.4 Å². The molecule has 4 aromatic rings. The van der Waals surface area contributed by atoms with Crippen molar-refractivity contribution < 1.29 is 43.0 Å². The molecule has 3 N–H and O–H groups in total. The molecular formula is C28H30BrN5O9S. The van der Waals surface area contributed by atoms with E-state index >= 15 is 0 Å². The minimum absolute atomic E-state index is 0.169. The number of methoxy groups -OCH3 is 6. The third kappa shape index (κ3) is 12.3. The topological polar surface area (TPSA) is 193 Å². The molecule has 1 heterocycles. The number of aromatic hydroxyl groups is 1. The molecule has 44 heavy (non-hydrogen) atoms. The van der Waals surface area contributed by atoms with Crippen LogP contribution in [0.5, 0.6) is 56.9 Å². The van der Waals surface area contributed by atoms with Crippen LogP contribution < -0.4 is 43.6 Å². The number of rotatable bonds is 9. The van der Waals surface area contributed by atoms with Crippen molar-refractivity contribution in [3.63, 3.8) is 0 Å². The van der Waals surface area contributed by atoms with Crippen LogP contribution >= 0.6 is 27.3 Å². The Balaban J connectivity index is 0.000000323. The Morgan fingerprint density at radius 3 is 1.55 bits per heavy atom. The SMILES string of the molecule is COc1ccc(O)cc1OC.COc1ccc(OC#N)cc1OC.COc1ccc(Oc2nnc(N)s2)cc1OC.N#CBr. The monoisotopic (exact) mass is 691 g/mol. The highest BCUT2D eigenvalue weighted by Crippen LogP contribution is 2.34. The highest BCUT2D eigenvalue weighted by Gasteiger charge is 2.09. The fraction of sp³-hybridized carbons (Fsp3) is 0.214. The van der Waals surface area contributed by atoms with Crippen molar-refractivity contribution in [1.82, 2.24) is 10.2 Å². The van der Waals surface area contributed by atoms with Crippen LogP contribution in [0.15, 0.2) is 54.6 Å². The molecule has 0 aliphatic rings. The second kappa shape index (κ2) is 20.5. The highest BCUT2D eigenvalue weighted by molar-refractivity contribution is 9.12. The normalized spacial score (nSPS) is 8.93. The lowest BCUT2D eigenvalue weighted by Gasteiger charge is -2.08. The molecule has 0 radical (unpaired) electrons. The van der Waals surface area contributed by atoms with Gasteiger partial charge in [-0.05, 0) is 47.7 Å². The number of phenols is 1. The quantitative estimate of drug-likeness (QED) is 0.201. The number of hydrogen-bond acceptors (Lipinski definition) is 15. The van der Waals surface area contributed by atoms with Crippen molar-refractivity contribution in [2.45, 2.75) is 0 Å². The van der Waals surface area contributed by atoms with E-state index in [-0.39, 0.29) is 5.75 Å². The summed E-state index contributed by atoms with van der Waals surface area (Å²) in [5.41, 5.74) is 5.45. The molecule has 0 fully saturated rings. The number of nitrogens with zero attached hydrogens (tertiary/aromatic N) is 4. The molecule has 0 saturated heterocycles. The third-order valence-corrected chi connectivity index (χ3v) is 5.50. The summed E-state index contributed by atoms with van der Waals surface area (Å²) in [7, 11) is 9.28. The Morgan fingerprint density at radius 1 is 0.682 bits per heavy atom. The fourth-order valence-electron chi connectivity index (χ4n) is 3.00. The third-order valence-electron chi connectivity index (χ3n) is 4.87. The molecular weight excluding hydrogens is 662 g/mol. The Labute approximate surface area is 266 Å². The Kier molecular flexibility index (Phi) is 17.1. The molecule has 0 saturated carbocycles. The first-order valence-electron chi connectivity index (χ1n) is 11.9. The van der Waals surface area contributed by atoms with Crippen LogP contribution in [0.25, 0.3) is 0 Å². The van der Waals surface area contributed by atoms with Gasteiger partial charge < -0.3 is 48.7 Å². The summed E-state index contributed by atoms with van der Waals surface area (Å²) >= 11 is 3.62. The Morgan fingerprint density at radius 2 is 1.11 bits per heavy atom. The summed E-state index contributed by atoms with van der Waals surface area (Å²) in [6, 6.07) is 14.8. The predicted molar refractivity (Wildman–Crippen MR) is 165 cm³/mol. The van der Waals surface area contributed by atoms with Crippen LogP contribution in [-0.4, -0.2) is 58.0 Å². The maximum atomic E-state index is 9.03. The Hall–Kier alpha value is -5.32. The van der Waals surface area contributed by atoms with Crippen LogP contribution in [0, 0.1) is 21.8 Å². The lowest BCUT2D eigenvalue weighted by Crippen LogP contribution is -1.91. The number of benzene rings is 3. The van der Waals surface area contributed by atoms with E-state index in [1.165, 1.54) is 31.6 Å². The number of halogens is 1. The van der Waals surface area contributed by atoms with Gasteiger partial charge in [0.15, 0.2) is 34.5 Å². The Bertz CT molecular complexity index is 1530. The first-order valence-corrected chi connectivity index (χ1v) is 13.5. The number of hydrogen-bond donors (Lipinski definition) is 2. The molecule has 14 nitrogen and oxygen atoms in total. The van der Waals surface area contributed by atoms with Crippen LogP contribution in [0.1, 0.15) is 0 Å². The van der Waals surface area contributed by atoms with E-state index in [0.29, 0.717) is 56.3 Å². The summed E-state index contributed by atoms with van der Waals surface area (Å²) in [5.74, 6) is 4.70. The molecule has 0 amide bonds. The number of nitriles is 2. The second-order valence-electron chi connectivity index (χ2n) is 7.36. The molecule has 234 valence electrons. The zero-order valence-electron chi connectivity index (χ0n) is 24.6. The van der Waals surface area contributed by atoms with Crippen LogP contribution in [0.4, 0.5) is 5.13 Å². The smallest absolute Gasteiger partial charge is 0.301 e. The minimum Gasteiger partial charge on any atom is -0.508 e. The van der Waals surface area contributed by atoms with Gasteiger partial charge in [0.25, 0.3) is 6.26 Å². The summed E-state index contributed by atoms with van der Waals surface area (Å²) < 4.78 is 40.3. The molecule has 16 heteroatoms. The number of nitrogen functional groups attached to an aromatic ring is 1. The molecule has 4 rings (SSSR count). The van der Waals surface area contributed by atoms with Crippen LogP contribution in [0.2, 0.25) is 0 Å². The average Bonchev–Trinajstić information content (AvgIpc) is 3.45. The summed E-state index contributed by atoms with van der Waals surface area (Å²) in [6.07, 6.45) is 1.58. The number of ether oxygens (including phenoxy) is 8. The molecule has 1 aromatic heterocycles. The highest BCUT2D eigenvalue weighted by atomic mass is 79.9. The first-order chi connectivity index (χ1) is 21.2. The van der Waals surface area contributed by atoms with E-state index in [9.17, 15) is 0 Å². The van der Waals surface area contributed by atoms with Gasteiger partial charge >= 0.3 is 5.19 Å². The van der Waals surface area contributed by atoms with Gasteiger partial charge in [0.1, 0.15) is 22.2 Å². The van der Waals surface area contributed by atoms with Crippen molar-refractivity contribution in [1.29, 1.82) is 10.5 Å². The zero-order valence-corrected chi connectivity index (χ0v) is 27.0. The van der Waals surface area contributed by atoms with Gasteiger partial charge in [-0.15, -0.1) is 10.4 Å². The van der Waals surface area contributed by atoms with Gasteiger partial charge in [-0.2, -0.15) is 5.26 Å². The second-order valence-corrected chi connectivity index (χ2v) is 8.69. The average molecular weight is 693 g/mol. The van der Waals surface area contributed by atoms with Crippen LogP contribution in [0.3, 0.4) is 0 Å². The molecule has 0 aliphatic heterocycles. The minimum atomic E-state index is 0.169. The van der Waals surface area contributed by atoms with Crippen molar-refractivity contribution in [3.8, 4) is 68.2 Å². The van der Waals surface area contributed by atoms with E-state index in [1.807, 2.05) is 0 Å². The summed E-state index contributed by atoms with van der Waals surface area (Å²) in [4.78, 5) is 1.56. The molecule has 0 bridgehead atoms. The maximum Gasteiger partial charge on any atom is 0.301 e. The van der Waals surface area contributed by atoms with Gasteiger partial charge in [0, 0.05) is 34.1 Å². The first kappa shape index (κ1) is 36.7. The lowest BCUT2D eigenvalue weighted by molar-refractivity contribution is 0.351. The van der Waals surface area contributed by atoms with E-state index in [1.54, 1.807) is 88.2 Å². The summed E-state index contributed by atoms with van der Waals surface area (Å²) in [5, 5.41) is 32.7. The van der Waals surface area contributed by atoms with Gasteiger partial charge in [-0.1, -0.05) is 5.10 Å². The number of anilines is 1.